The zero-order valence-electron chi connectivity index (χ0n) is 23.8. The minimum atomic E-state index is -0.657. The molecule has 0 unspecified atom stereocenters. The van der Waals surface area contributed by atoms with Crippen LogP contribution in [0.25, 0.3) is 0 Å². The molecule has 0 amide bonds. The summed E-state index contributed by atoms with van der Waals surface area (Å²) < 4.78 is 23.1. The molecule has 3 aromatic rings. The Morgan fingerprint density at radius 2 is 1.83 bits per heavy atom. The molecule has 218 valence electrons. The monoisotopic (exact) mass is 564 g/mol. The number of ketones is 1. The number of hydrogen-bond acceptors (Lipinski definition) is 9. The number of ether oxygens (including phenoxy) is 4. The van der Waals surface area contributed by atoms with Gasteiger partial charge in [0, 0.05) is 29.8 Å². The van der Waals surface area contributed by atoms with Crippen LogP contribution in [0.2, 0.25) is 0 Å². The third kappa shape index (κ3) is 8.09. The molecule has 1 aliphatic carbocycles. The summed E-state index contributed by atoms with van der Waals surface area (Å²) >= 11 is 0. The summed E-state index contributed by atoms with van der Waals surface area (Å²) in [6, 6.07) is 9.62. The molecule has 1 aromatic heterocycles. The number of rotatable bonds is 10. The Bertz CT molecular complexity index is 1400. The first kappa shape index (κ1) is 29.6. The second-order valence-electron chi connectivity index (χ2n) is 11.0. The zero-order valence-corrected chi connectivity index (χ0v) is 23.8. The Kier molecular flexibility index (Phi) is 9.31. The average Bonchev–Trinajstić information content (AvgIpc) is 3.62. The normalized spacial score (nSPS) is 13.6. The molecule has 4 rings (SSSR count). The van der Waals surface area contributed by atoms with Gasteiger partial charge >= 0.3 is 12.1 Å². The van der Waals surface area contributed by atoms with Crippen LogP contribution in [-0.4, -0.2) is 51.5 Å². The van der Waals surface area contributed by atoms with Crippen LogP contribution in [0.5, 0.6) is 17.2 Å². The number of aromatic hydroxyl groups is 1. The van der Waals surface area contributed by atoms with E-state index in [1.807, 2.05) is 0 Å². The topological polar surface area (TPSA) is 126 Å². The molecule has 0 bridgehead atoms. The number of phenols is 1. The van der Waals surface area contributed by atoms with Crippen molar-refractivity contribution in [1.29, 1.82) is 0 Å². The fraction of sp³-hybridized carbons (Fsp3) is 0.419. The van der Waals surface area contributed by atoms with Crippen molar-refractivity contribution in [2.45, 2.75) is 77.6 Å². The molecule has 2 aromatic carbocycles. The molecule has 41 heavy (non-hydrogen) atoms. The number of hydrogen-bond donors (Lipinski definition) is 1. The van der Waals surface area contributed by atoms with Crippen molar-refractivity contribution >= 4 is 17.8 Å². The molecule has 0 spiro atoms. The predicted octanol–water partition coefficient (Wildman–Crippen LogP) is 5.61. The molecule has 0 radical (unpaired) electrons. The van der Waals surface area contributed by atoms with Gasteiger partial charge < -0.3 is 24.1 Å². The quantitative estimate of drug-likeness (QED) is 0.247. The lowest BCUT2D eigenvalue weighted by Gasteiger charge is -2.18. The van der Waals surface area contributed by atoms with E-state index in [2.05, 4.69) is 5.10 Å². The summed E-state index contributed by atoms with van der Waals surface area (Å²) in [6.45, 7) is 5.39. The molecule has 10 nitrogen and oxygen atoms in total. The molecular formula is C31H36N2O8. The van der Waals surface area contributed by atoms with Crippen molar-refractivity contribution < 1.29 is 38.4 Å². The van der Waals surface area contributed by atoms with Crippen molar-refractivity contribution in [2.75, 3.05) is 7.11 Å². The first-order valence-electron chi connectivity index (χ1n) is 13.7. The van der Waals surface area contributed by atoms with E-state index in [0.717, 1.165) is 30.4 Å². The van der Waals surface area contributed by atoms with E-state index in [-0.39, 0.29) is 42.6 Å². The maximum Gasteiger partial charge on any atom is 0.435 e. The number of phenolic OH excluding ortho intramolecular Hbond substituents is 1. The Morgan fingerprint density at radius 3 is 2.51 bits per heavy atom. The molecule has 0 aliphatic heterocycles. The van der Waals surface area contributed by atoms with Crippen molar-refractivity contribution in [3.05, 3.63) is 71.0 Å². The van der Waals surface area contributed by atoms with Gasteiger partial charge in [-0.3, -0.25) is 9.59 Å². The summed E-state index contributed by atoms with van der Waals surface area (Å²) in [5.41, 5.74) is 1.05. The van der Waals surface area contributed by atoms with Crippen molar-refractivity contribution in [1.82, 2.24) is 9.78 Å². The van der Waals surface area contributed by atoms with Gasteiger partial charge in [-0.2, -0.15) is 9.78 Å². The molecule has 0 saturated heterocycles. The molecular weight excluding hydrogens is 528 g/mol. The van der Waals surface area contributed by atoms with Crippen LogP contribution >= 0.6 is 0 Å². The highest BCUT2D eigenvalue weighted by atomic mass is 16.6. The van der Waals surface area contributed by atoms with E-state index in [0.29, 0.717) is 28.2 Å². The molecule has 1 fully saturated rings. The lowest BCUT2D eigenvalue weighted by atomic mass is 9.98. The van der Waals surface area contributed by atoms with Gasteiger partial charge in [0.25, 0.3) is 0 Å². The lowest BCUT2D eigenvalue weighted by Crippen LogP contribution is -2.27. The van der Waals surface area contributed by atoms with Gasteiger partial charge in [0.05, 0.1) is 25.0 Å². The average molecular weight is 565 g/mol. The maximum atomic E-state index is 13.3. The van der Waals surface area contributed by atoms with E-state index >= 15 is 0 Å². The molecule has 0 atom stereocenters. The summed E-state index contributed by atoms with van der Waals surface area (Å²) in [6.07, 6.45) is 7.11. The molecule has 1 N–H and O–H groups in total. The van der Waals surface area contributed by atoms with Crippen molar-refractivity contribution in [3.63, 3.8) is 0 Å². The predicted molar refractivity (Wildman–Crippen MR) is 149 cm³/mol. The second kappa shape index (κ2) is 12.9. The Labute approximate surface area is 239 Å². The van der Waals surface area contributed by atoms with E-state index in [4.69, 9.17) is 18.9 Å². The molecule has 10 heteroatoms. The van der Waals surface area contributed by atoms with Gasteiger partial charge in [-0.25, -0.2) is 4.79 Å². The fourth-order valence-corrected chi connectivity index (χ4v) is 4.53. The Balaban J connectivity index is 1.49. The third-order valence-electron chi connectivity index (χ3n) is 6.58. The smallest absolute Gasteiger partial charge is 0.435 e. The van der Waals surface area contributed by atoms with E-state index in [1.54, 1.807) is 51.1 Å². The van der Waals surface area contributed by atoms with Gasteiger partial charge in [-0.05, 0) is 88.8 Å². The van der Waals surface area contributed by atoms with Crippen LogP contribution in [0.4, 0.5) is 4.79 Å². The van der Waals surface area contributed by atoms with E-state index in [9.17, 15) is 19.5 Å². The largest absolute Gasteiger partial charge is 0.507 e. The molecule has 1 saturated carbocycles. The van der Waals surface area contributed by atoms with Gasteiger partial charge in [0.2, 0.25) is 0 Å². The minimum Gasteiger partial charge on any atom is -0.507 e. The molecule has 1 heterocycles. The van der Waals surface area contributed by atoms with Gasteiger partial charge in [-0.15, -0.1) is 0 Å². The highest BCUT2D eigenvalue weighted by Crippen LogP contribution is 2.31. The molecule has 1 aliphatic rings. The summed E-state index contributed by atoms with van der Waals surface area (Å²) in [7, 11) is 1.31. The van der Waals surface area contributed by atoms with Crippen molar-refractivity contribution in [2.24, 2.45) is 0 Å². The summed E-state index contributed by atoms with van der Waals surface area (Å²) in [5.74, 6) is 0.0497. The standard InChI is InChI=1S/C31H36N2O8/c1-31(2,3)41-30(37)33-18-20(17-32-33)19-39-27-13-9-22(15-21(27)10-14-28(35)38-4)29(36)25-12-11-24(16-26(25)34)40-23-7-5-6-8-23/h9,11-13,15-18,23,34H,5-8,10,14,19H2,1-4H3. The van der Waals surface area contributed by atoms with E-state index < -0.39 is 17.7 Å². The van der Waals surface area contributed by atoms with Crippen LogP contribution in [0.1, 0.15) is 79.9 Å². The number of nitrogens with zero attached hydrogens (tertiary/aromatic N) is 2. The first-order valence-corrected chi connectivity index (χ1v) is 13.7. The number of aryl methyl sites for hydroxylation is 1. The van der Waals surface area contributed by atoms with Crippen LogP contribution in [0, 0.1) is 0 Å². The fourth-order valence-electron chi connectivity index (χ4n) is 4.53. The summed E-state index contributed by atoms with van der Waals surface area (Å²) in [4.78, 5) is 37.4. The zero-order chi connectivity index (χ0) is 29.6. The second-order valence-corrected chi connectivity index (χ2v) is 11.0. The van der Waals surface area contributed by atoms with Gasteiger partial charge in [0.15, 0.2) is 5.78 Å². The SMILES string of the molecule is COC(=O)CCc1cc(C(=O)c2ccc(OC3CCCC3)cc2O)ccc1OCc1cnn(C(=O)OC(C)(C)C)c1. The lowest BCUT2D eigenvalue weighted by molar-refractivity contribution is -0.140. The number of esters is 1. The Morgan fingerprint density at radius 1 is 1.07 bits per heavy atom. The first-order chi connectivity index (χ1) is 19.5. The Hall–Kier alpha value is -4.34. The highest BCUT2D eigenvalue weighted by Gasteiger charge is 2.21. The number of methoxy groups -OCH3 is 1. The minimum absolute atomic E-state index is 0.0829. The van der Waals surface area contributed by atoms with Crippen molar-refractivity contribution in [3.8, 4) is 17.2 Å². The highest BCUT2D eigenvalue weighted by molar-refractivity contribution is 6.11. The number of carbonyl (C=O) groups excluding carboxylic acids is 3. The van der Waals surface area contributed by atoms with Crippen LogP contribution in [-0.2, 0) is 27.3 Å². The number of benzene rings is 2. The van der Waals surface area contributed by atoms with Gasteiger partial charge in [-0.1, -0.05) is 0 Å². The van der Waals surface area contributed by atoms with Crippen LogP contribution in [0.15, 0.2) is 48.8 Å². The van der Waals surface area contributed by atoms with Crippen LogP contribution in [0.3, 0.4) is 0 Å². The third-order valence-corrected chi connectivity index (χ3v) is 6.58. The number of aromatic nitrogens is 2. The maximum absolute atomic E-state index is 13.3. The van der Waals surface area contributed by atoms with E-state index in [1.165, 1.54) is 25.6 Å². The van der Waals surface area contributed by atoms with Gasteiger partial charge in [0.1, 0.15) is 29.5 Å². The number of carbonyl (C=O) groups is 3. The van der Waals surface area contributed by atoms with Crippen LogP contribution < -0.4 is 9.47 Å². The summed E-state index contributed by atoms with van der Waals surface area (Å²) in [5, 5.41) is 14.7.